The maximum absolute atomic E-state index is 10.7. The molecule has 5 rings (SSSR count). The minimum atomic E-state index is -1.73. The van der Waals surface area contributed by atoms with Crippen molar-refractivity contribution in [2.45, 2.75) is 151 Å². The molecule has 0 fully saturated rings. The van der Waals surface area contributed by atoms with Gasteiger partial charge in [-0.2, -0.15) is 0 Å². The van der Waals surface area contributed by atoms with Crippen molar-refractivity contribution >= 4 is 39.2 Å². The normalized spacial score (nSPS) is 14.7. The first-order valence-electron chi connectivity index (χ1n) is 19.0. The summed E-state index contributed by atoms with van der Waals surface area (Å²) in [6.45, 7) is 36.8. The Balaban J connectivity index is 0.000000948. The van der Waals surface area contributed by atoms with E-state index >= 15 is 0 Å². The molecule has 6 nitrogen and oxygen atoms in total. The smallest absolute Gasteiger partial charge is 0.387 e. The van der Waals surface area contributed by atoms with Gasteiger partial charge < -0.3 is 22.5 Å². The highest BCUT2D eigenvalue weighted by Crippen LogP contribution is 2.45. The molecule has 0 amide bonds. The third-order valence-corrected chi connectivity index (χ3v) is 11.1. The van der Waals surface area contributed by atoms with Gasteiger partial charge in [-0.05, 0) is 92.9 Å². The van der Waals surface area contributed by atoms with E-state index in [0.29, 0.717) is 19.0 Å². The zero-order valence-corrected chi connectivity index (χ0v) is 37.3. The van der Waals surface area contributed by atoms with Gasteiger partial charge in [-0.25, -0.2) is 0 Å². The molecule has 3 aromatic carbocycles. The van der Waals surface area contributed by atoms with Crippen molar-refractivity contribution in [1.82, 2.24) is 0 Å². The number of fused-ring (bicyclic) bond motifs is 3. The van der Waals surface area contributed by atoms with E-state index in [9.17, 15) is 5.11 Å². The molecule has 1 unspecified atom stereocenters. The number of aryl methyl sites for hydroxylation is 2. The number of benzene rings is 3. The van der Waals surface area contributed by atoms with Crippen LogP contribution in [0.2, 0.25) is 0 Å². The van der Waals surface area contributed by atoms with Crippen LogP contribution in [0.1, 0.15) is 149 Å². The molecule has 1 aliphatic rings. The van der Waals surface area contributed by atoms with Gasteiger partial charge in [0.1, 0.15) is 16.9 Å². The van der Waals surface area contributed by atoms with Crippen molar-refractivity contribution in [2.24, 2.45) is 0 Å². The predicted molar refractivity (Wildman–Crippen MR) is 227 cm³/mol. The van der Waals surface area contributed by atoms with Crippen LogP contribution in [-0.4, -0.2) is 18.3 Å². The van der Waals surface area contributed by atoms with E-state index in [-0.39, 0.29) is 36.1 Å². The van der Waals surface area contributed by atoms with E-state index in [1.165, 1.54) is 27.8 Å². The van der Waals surface area contributed by atoms with Gasteiger partial charge in [0.2, 0.25) is 9.03 Å². The van der Waals surface area contributed by atoms with Crippen LogP contribution < -0.4 is 4.52 Å². The van der Waals surface area contributed by atoms with E-state index in [0.717, 1.165) is 45.9 Å². The van der Waals surface area contributed by atoms with E-state index in [4.69, 9.17) is 22.0 Å². The van der Waals surface area contributed by atoms with Crippen LogP contribution in [0, 0.1) is 6.92 Å². The summed E-state index contributed by atoms with van der Waals surface area (Å²) in [6.07, 6.45) is 5.13. The van der Waals surface area contributed by atoms with E-state index in [1.54, 1.807) is 6.26 Å². The van der Waals surface area contributed by atoms with Crippen LogP contribution in [-0.2, 0) is 42.5 Å². The van der Waals surface area contributed by atoms with Crippen LogP contribution in [0.25, 0.3) is 21.9 Å². The molecular weight excluding hydrogens is 698 g/mol. The Morgan fingerprint density at radius 3 is 1.51 bits per heavy atom. The van der Waals surface area contributed by atoms with Crippen LogP contribution in [0.4, 0.5) is 0 Å². The van der Waals surface area contributed by atoms with Crippen LogP contribution in [0.5, 0.6) is 5.75 Å². The molecule has 8 heteroatoms. The fraction of sp³-hybridized carbons (Fsp3) is 0.556. The molecule has 53 heavy (non-hydrogen) atoms. The second-order valence-corrected chi connectivity index (χ2v) is 21.3. The lowest BCUT2D eigenvalue weighted by molar-refractivity contribution is 0.329. The summed E-state index contributed by atoms with van der Waals surface area (Å²) in [6, 6.07) is 13.5. The summed E-state index contributed by atoms with van der Waals surface area (Å²) in [5.74, 6) is 0.395. The van der Waals surface area contributed by atoms with Crippen LogP contribution in [0.15, 0.2) is 57.1 Å². The first kappa shape index (κ1) is 43.0. The summed E-state index contributed by atoms with van der Waals surface area (Å²) in [5, 5.41) is 12.9. The first-order chi connectivity index (χ1) is 24.3. The molecule has 2 heterocycles. The highest BCUT2D eigenvalue weighted by Gasteiger charge is 2.29. The Morgan fingerprint density at radius 1 is 0.660 bits per heavy atom. The molecule has 0 saturated heterocycles. The molecule has 0 aliphatic carbocycles. The van der Waals surface area contributed by atoms with Gasteiger partial charge in [-0.1, -0.05) is 128 Å². The summed E-state index contributed by atoms with van der Waals surface area (Å²) in [4.78, 5) is 0. The van der Waals surface area contributed by atoms with E-state index in [2.05, 4.69) is 140 Å². The molecule has 4 aromatic rings. The molecule has 1 aliphatic heterocycles. The SMILES string of the molecule is C1=COPOC1.Cc1cc(CCCOp2oc3c(C(C)(C)C)cc(C(C)(C)C)cc3c3cc(C(C)(C)C)cc(C(C)(C)C)c3o2)cc(C(C)(C)C)c1O. The fourth-order valence-electron chi connectivity index (χ4n) is 6.27. The monoisotopic (exact) mass is 764 g/mol. The lowest BCUT2D eigenvalue weighted by atomic mass is 9.77. The Bertz CT molecular complexity index is 1870. The third kappa shape index (κ3) is 10.9. The molecule has 0 bridgehead atoms. The minimum absolute atomic E-state index is 0.0441. The Labute approximate surface area is 322 Å². The van der Waals surface area contributed by atoms with E-state index < -0.39 is 8.24 Å². The highest BCUT2D eigenvalue weighted by atomic mass is 31.1. The number of aromatic hydroxyl groups is 1. The second-order valence-electron chi connectivity index (χ2n) is 19.6. The topological polar surface area (TPSA) is 74.2 Å². The fourth-order valence-corrected chi connectivity index (χ4v) is 7.77. The lowest BCUT2D eigenvalue weighted by Gasteiger charge is -2.27. The van der Waals surface area contributed by atoms with Gasteiger partial charge in [-0.3, -0.25) is 4.52 Å². The predicted octanol–water partition coefficient (Wildman–Crippen LogP) is 13.9. The highest BCUT2D eigenvalue weighted by molar-refractivity contribution is 7.31. The summed E-state index contributed by atoms with van der Waals surface area (Å²) in [5.41, 5.74) is 9.17. The van der Waals surface area contributed by atoms with Gasteiger partial charge >= 0.3 is 8.24 Å². The average Bonchev–Trinajstić information content (AvgIpc) is 3.19. The summed E-state index contributed by atoms with van der Waals surface area (Å²) >= 11 is 0. The van der Waals surface area contributed by atoms with Gasteiger partial charge in [0.15, 0.2) is 0 Å². The molecule has 1 N–H and O–H groups in total. The maximum Gasteiger partial charge on any atom is 0.387 e. The molecule has 292 valence electrons. The van der Waals surface area contributed by atoms with Crippen molar-refractivity contribution in [1.29, 1.82) is 0 Å². The quantitative estimate of drug-likeness (QED) is 0.161. The number of phenols is 1. The zero-order chi connectivity index (χ0) is 39.7. The summed E-state index contributed by atoms with van der Waals surface area (Å²) < 4.78 is 29.8. The number of hydrogen-bond donors (Lipinski definition) is 1. The Hall–Kier alpha value is -2.75. The summed E-state index contributed by atoms with van der Waals surface area (Å²) in [7, 11) is -1.52. The maximum atomic E-state index is 10.7. The molecule has 1 atom stereocenters. The van der Waals surface area contributed by atoms with E-state index in [1.807, 2.05) is 13.0 Å². The number of phenolic OH excluding ortho intramolecular Hbond substituents is 1. The minimum Gasteiger partial charge on any atom is -0.507 e. The van der Waals surface area contributed by atoms with Gasteiger partial charge in [0, 0.05) is 21.9 Å². The lowest BCUT2D eigenvalue weighted by Crippen LogP contribution is -2.17. The average molecular weight is 765 g/mol. The number of rotatable bonds is 5. The van der Waals surface area contributed by atoms with Crippen molar-refractivity contribution in [2.75, 3.05) is 13.2 Å². The van der Waals surface area contributed by atoms with Crippen molar-refractivity contribution in [3.63, 3.8) is 0 Å². The van der Waals surface area contributed by atoms with Gasteiger partial charge in [0.05, 0.1) is 19.5 Å². The van der Waals surface area contributed by atoms with Crippen molar-refractivity contribution in [3.8, 4) is 5.75 Å². The Morgan fingerprint density at radius 2 is 1.15 bits per heavy atom. The molecule has 0 spiro atoms. The van der Waals surface area contributed by atoms with Crippen molar-refractivity contribution in [3.05, 3.63) is 87.7 Å². The zero-order valence-electron chi connectivity index (χ0n) is 35.4. The number of hydrogen-bond acceptors (Lipinski definition) is 6. The molecule has 0 radical (unpaired) electrons. The third-order valence-electron chi connectivity index (χ3n) is 9.57. The first-order valence-corrected chi connectivity index (χ1v) is 20.9. The second kappa shape index (κ2) is 16.2. The van der Waals surface area contributed by atoms with Crippen LogP contribution >= 0.6 is 17.3 Å². The largest absolute Gasteiger partial charge is 0.507 e. The van der Waals surface area contributed by atoms with Gasteiger partial charge in [-0.15, -0.1) is 0 Å². The standard InChI is InChI=1S/C42H61O4P.C3H5O2P/c1-26-20-27(21-32(35(26)43)40(8,9)10)18-17-19-44-47-45-36-30(22-28(38(2,3)4)24-33(36)41(11,12)13)31-23-29(39(5,6)7)25-34(37(31)46-47)42(14,15)16;1-2-4-6-5-3-1/h20-25,43H,17-19H2,1-16H3;1-2,6H,3H2. The van der Waals surface area contributed by atoms with Gasteiger partial charge in [0.25, 0.3) is 0 Å². The molecule has 0 saturated carbocycles. The molecular formula is C45H66O6P2. The van der Waals surface area contributed by atoms with Crippen molar-refractivity contribution < 1.29 is 27.1 Å². The molecule has 1 aromatic heterocycles. The van der Waals surface area contributed by atoms with Crippen LogP contribution in [0.3, 0.4) is 0 Å². The Kier molecular flexibility index (Phi) is 13.1.